The Kier molecular flexibility index (Phi) is 4.61. The van der Waals surface area contributed by atoms with Gasteiger partial charge in [-0.25, -0.2) is 9.78 Å². The number of carboxylic acid groups (broad SMARTS) is 1. The summed E-state index contributed by atoms with van der Waals surface area (Å²) >= 11 is 1.12. The minimum absolute atomic E-state index is 0.0942. The number of carbonyl (C=O) groups excluding carboxylic acids is 2. The van der Waals surface area contributed by atoms with Crippen molar-refractivity contribution in [2.45, 2.75) is 13.0 Å². The number of nitrogens with one attached hydrogen (secondary N) is 1. The summed E-state index contributed by atoms with van der Waals surface area (Å²) in [6.45, 7) is 0.0942. The maximum atomic E-state index is 11.5. The minimum Gasteiger partial charge on any atom is -0.550 e. The van der Waals surface area contributed by atoms with Crippen LogP contribution in [0.1, 0.15) is 11.3 Å². The van der Waals surface area contributed by atoms with Crippen LogP contribution in [0.25, 0.3) is 0 Å². The smallest absolute Gasteiger partial charge is 0.413 e. The molecule has 1 amide bonds. The number of thiazole rings is 1. The van der Waals surface area contributed by atoms with E-state index in [-0.39, 0.29) is 18.2 Å². The molecule has 7 nitrogen and oxygen atoms in total. The van der Waals surface area contributed by atoms with Gasteiger partial charge in [0.15, 0.2) is 5.13 Å². The first-order valence-electron chi connectivity index (χ1n) is 5.60. The van der Waals surface area contributed by atoms with Crippen molar-refractivity contribution < 1.29 is 19.4 Å². The Bertz CT molecular complexity index is 600. The molecule has 0 atom stereocenters. The van der Waals surface area contributed by atoms with E-state index in [9.17, 15) is 14.7 Å². The number of amides is 1. The molecular weight excluding hydrogens is 282 g/mol. The molecule has 0 bridgehead atoms. The third kappa shape index (κ3) is 4.32. The number of aliphatic carboxylic acids is 1. The molecule has 0 saturated heterocycles. The number of carbonyl (C=O) groups is 2. The van der Waals surface area contributed by atoms with Crippen LogP contribution in [0, 0.1) is 0 Å². The molecule has 2 aromatic heterocycles. The molecule has 0 aliphatic rings. The van der Waals surface area contributed by atoms with Gasteiger partial charge in [-0.3, -0.25) is 10.3 Å². The molecule has 1 N–H and O–H groups in total. The van der Waals surface area contributed by atoms with Crippen LogP contribution in [-0.2, 0) is 22.6 Å². The van der Waals surface area contributed by atoms with Crippen molar-refractivity contribution in [3.63, 3.8) is 0 Å². The molecule has 0 aliphatic heterocycles. The highest BCUT2D eigenvalue weighted by atomic mass is 32.1. The number of rotatable bonds is 5. The first kappa shape index (κ1) is 13.9. The van der Waals surface area contributed by atoms with Crippen LogP contribution in [0.2, 0.25) is 0 Å². The number of aromatic nitrogens is 2. The van der Waals surface area contributed by atoms with Crippen LogP contribution >= 0.6 is 11.3 Å². The second-order valence-electron chi connectivity index (χ2n) is 3.76. The fourth-order valence-corrected chi connectivity index (χ4v) is 2.05. The summed E-state index contributed by atoms with van der Waals surface area (Å²) in [6.07, 6.45) is 2.26. The van der Waals surface area contributed by atoms with E-state index in [1.165, 1.54) is 5.38 Å². The highest BCUT2D eigenvalue weighted by molar-refractivity contribution is 7.13. The Labute approximate surface area is 118 Å². The molecule has 2 aromatic rings. The van der Waals surface area contributed by atoms with Gasteiger partial charge in [-0.05, 0) is 6.07 Å². The molecular formula is C12H10N3O4S-. The summed E-state index contributed by atoms with van der Waals surface area (Å²) < 4.78 is 4.97. The van der Waals surface area contributed by atoms with E-state index in [0.717, 1.165) is 16.9 Å². The average Bonchev–Trinajstić information content (AvgIpc) is 2.84. The van der Waals surface area contributed by atoms with Crippen LogP contribution in [0.5, 0.6) is 0 Å². The summed E-state index contributed by atoms with van der Waals surface area (Å²) in [5.74, 6) is -1.22. The summed E-state index contributed by atoms with van der Waals surface area (Å²) in [6, 6.07) is 3.52. The van der Waals surface area contributed by atoms with Crippen molar-refractivity contribution in [3.8, 4) is 0 Å². The standard InChI is InChI=1S/C12H11N3O4S/c16-10(17)4-9-7-20-11(14-9)15-12(18)19-6-8-2-1-3-13-5-8/h1-3,5,7H,4,6H2,(H,16,17)(H,14,15,18)/p-1. The number of hydrogen-bond donors (Lipinski definition) is 1. The van der Waals surface area contributed by atoms with E-state index in [1.807, 2.05) is 0 Å². The maximum Gasteiger partial charge on any atom is 0.413 e. The first-order chi connectivity index (χ1) is 9.63. The van der Waals surface area contributed by atoms with Gasteiger partial charge in [-0.15, -0.1) is 11.3 Å². The summed E-state index contributed by atoms with van der Waals surface area (Å²) in [5, 5.41) is 14.6. The largest absolute Gasteiger partial charge is 0.550 e. The summed E-state index contributed by atoms with van der Waals surface area (Å²) in [4.78, 5) is 29.7. The van der Waals surface area contributed by atoms with Crippen LogP contribution in [-0.4, -0.2) is 22.0 Å². The van der Waals surface area contributed by atoms with Gasteiger partial charge in [-0.1, -0.05) is 6.07 Å². The van der Waals surface area contributed by atoms with E-state index in [1.54, 1.807) is 24.5 Å². The van der Waals surface area contributed by atoms with Crippen molar-refractivity contribution in [2.75, 3.05) is 5.32 Å². The van der Waals surface area contributed by atoms with Crippen molar-refractivity contribution in [1.82, 2.24) is 9.97 Å². The van der Waals surface area contributed by atoms with Gasteiger partial charge in [0, 0.05) is 35.7 Å². The topological polar surface area (TPSA) is 104 Å². The lowest BCUT2D eigenvalue weighted by Gasteiger charge is -2.04. The third-order valence-corrected chi connectivity index (χ3v) is 2.99. The Morgan fingerprint density at radius 3 is 3.00 bits per heavy atom. The van der Waals surface area contributed by atoms with E-state index in [2.05, 4.69) is 15.3 Å². The molecule has 0 saturated carbocycles. The van der Waals surface area contributed by atoms with E-state index in [4.69, 9.17) is 4.74 Å². The zero-order valence-corrected chi connectivity index (χ0v) is 11.1. The second-order valence-corrected chi connectivity index (χ2v) is 4.61. The number of nitrogens with zero attached hydrogens (tertiary/aromatic N) is 2. The summed E-state index contributed by atoms with van der Waals surface area (Å²) in [5.41, 5.74) is 1.09. The lowest BCUT2D eigenvalue weighted by molar-refractivity contribution is -0.304. The predicted octanol–water partition coefficient (Wildman–Crippen LogP) is 0.579. The van der Waals surface area contributed by atoms with Gasteiger partial charge in [0.1, 0.15) is 6.61 Å². The Hall–Kier alpha value is -2.48. The SMILES string of the molecule is O=C([O-])Cc1csc(NC(=O)OCc2cccnc2)n1. The summed E-state index contributed by atoms with van der Waals surface area (Å²) in [7, 11) is 0. The molecule has 2 rings (SSSR count). The number of anilines is 1. The molecule has 0 spiro atoms. The molecule has 104 valence electrons. The van der Waals surface area contributed by atoms with Crippen LogP contribution in [0.3, 0.4) is 0 Å². The zero-order valence-electron chi connectivity index (χ0n) is 10.2. The van der Waals surface area contributed by atoms with Crippen LogP contribution in [0.15, 0.2) is 29.9 Å². The van der Waals surface area contributed by atoms with Gasteiger partial charge < -0.3 is 14.6 Å². The van der Waals surface area contributed by atoms with Gasteiger partial charge in [0.2, 0.25) is 0 Å². The normalized spacial score (nSPS) is 10.0. The van der Waals surface area contributed by atoms with Gasteiger partial charge >= 0.3 is 6.09 Å². The second kappa shape index (κ2) is 6.62. The highest BCUT2D eigenvalue weighted by Gasteiger charge is 2.08. The maximum absolute atomic E-state index is 11.5. The van der Waals surface area contributed by atoms with Crippen molar-refractivity contribution in [1.29, 1.82) is 0 Å². The quantitative estimate of drug-likeness (QED) is 0.864. The molecule has 2 heterocycles. The zero-order chi connectivity index (χ0) is 14.4. The van der Waals surface area contributed by atoms with Crippen LogP contribution in [0.4, 0.5) is 9.93 Å². The van der Waals surface area contributed by atoms with Crippen molar-refractivity contribution in [2.24, 2.45) is 0 Å². The molecule has 0 fully saturated rings. The molecule has 0 unspecified atom stereocenters. The molecule has 0 radical (unpaired) electrons. The Morgan fingerprint density at radius 1 is 1.45 bits per heavy atom. The van der Waals surface area contributed by atoms with E-state index >= 15 is 0 Å². The average molecular weight is 292 g/mol. The van der Waals surface area contributed by atoms with Crippen LogP contribution < -0.4 is 10.4 Å². The predicted molar refractivity (Wildman–Crippen MR) is 68.9 cm³/mol. The molecule has 20 heavy (non-hydrogen) atoms. The van der Waals surface area contributed by atoms with Gasteiger partial charge in [-0.2, -0.15) is 0 Å². The molecule has 8 heteroatoms. The Morgan fingerprint density at radius 2 is 2.30 bits per heavy atom. The van der Waals surface area contributed by atoms with Crippen molar-refractivity contribution in [3.05, 3.63) is 41.2 Å². The fraction of sp³-hybridized carbons (Fsp3) is 0.167. The van der Waals surface area contributed by atoms with Gasteiger partial charge in [0.25, 0.3) is 0 Å². The monoisotopic (exact) mass is 292 g/mol. The molecule has 0 aromatic carbocycles. The number of pyridine rings is 1. The molecule has 0 aliphatic carbocycles. The first-order valence-corrected chi connectivity index (χ1v) is 6.48. The van der Waals surface area contributed by atoms with E-state index in [0.29, 0.717) is 5.69 Å². The highest BCUT2D eigenvalue weighted by Crippen LogP contribution is 2.16. The number of ether oxygens (including phenoxy) is 1. The van der Waals surface area contributed by atoms with Gasteiger partial charge in [0.05, 0.1) is 5.69 Å². The van der Waals surface area contributed by atoms with E-state index < -0.39 is 12.1 Å². The lowest BCUT2D eigenvalue weighted by Crippen LogP contribution is -2.24. The minimum atomic E-state index is -1.22. The third-order valence-electron chi connectivity index (χ3n) is 2.18. The Balaban J connectivity index is 1.82. The number of hydrogen-bond acceptors (Lipinski definition) is 7. The fourth-order valence-electron chi connectivity index (χ4n) is 1.35. The lowest BCUT2D eigenvalue weighted by atomic mass is 10.3. The van der Waals surface area contributed by atoms with Crippen molar-refractivity contribution >= 4 is 28.5 Å². The number of carboxylic acids is 1.